The second-order valence-electron chi connectivity index (χ2n) is 30.1. The Morgan fingerprint density at radius 1 is 0.324 bits per heavy atom. The van der Waals surface area contributed by atoms with Gasteiger partial charge in [0, 0.05) is 5.92 Å². The first-order valence-corrected chi connectivity index (χ1v) is 29.6. The summed E-state index contributed by atoms with van der Waals surface area (Å²) in [7, 11) is -6.32. The molecule has 0 radical (unpaired) electrons. The third-order valence-electron chi connectivity index (χ3n) is 16.0. The Morgan fingerprint density at radius 2 is 0.649 bits per heavy atom. The molecule has 0 saturated carbocycles. The lowest BCUT2D eigenvalue weighted by atomic mass is 9.57. The van der Waals surface area contributed by atoms with Crippen LogP contribution in [0.5, 0.6) is 0 Å². The highest BCUT2D eigenvalue weighted by molar-refractivity contribution is 7.68. The monoisotopic (exact) mass is 1030 g/mol. The molecule has 0 fully saturated rings. The van der Waals surface area contributed by atoms with Gasteiger partial charge in [0.2, 0.25) is 0 Å². The van der Waals surface area contributed by atoms with Crippen LogP contribution in [-0.2, 0) is 43.3 Å². The molecule has 4 N–H and O–H groups in total. The third kappa shape index (κ3) is 10.2. The topological polar surface area (TPSA) is 80.9 Å². The second-order valence-corrected chi connectivity index (χ2v) is 32.9. The third-order valence-corrected chi connectivity index (χ3v) is 19.1. The van der Waals surface area contributed by atoms with Crippen LogP contribution in [0.3, 0.4) is 0 Å². The highest BCUT2D eigenvalue weighted by Gasteiger charge is 2.63. The van der Waals surface area contributed by atoms with E-state index in [9.17, 15) is 19.6 Å². The van der Waals surface area contributed by atoms with E-state index in [2.05, 4.69) is 257 Å². The Labute approximate surface area is 451 Å². The van der Waals surface area contributed by atoms with E-state index in [1.807, 2.05) is 0 Å². The van der Waals surface area contributed by atoms with Crippen molar-refractivity contribution in [3.05, 3.63) is 163 Å². The van der Waals surface area contributed by atoms with Crippen molar-refractivity contribution in [2.75, 3.05) is 0 Å². The first-order chi connectivity index (χ1) is 33.5. The molecule has 0 heterocycles. The van der Waals surface area contributed by atoms with Crippen LogP contribution >= 0.6 is 16.8 Å². The molecule has 5 aromatic carbocycles. The Balaban J connectivity index is 1.85. The molecule has 0 saturated heterocycles. The summed E-state index contributed by atoms with van der Waals surface area (Å²) < 4.78 is 0. The van der Waals surface area contributed by atoms with Gasteiger partial charge in [0.05, 0.1) is 0 Å². The van der Waals surface area contributed by atoms with E-state index in [-0.39, 0.29) is 37.9 Å². The maximum Gasteiger partial charge on any atom is 0.190 e. The Kier molecular flexibility index (Phi) is 14.7. The summed E-state index contributed by atoms with van der Waals surface area (Å²) in [5.74, 6) is -0.467. The lowest BCUT2D eigenvalue weighted by Gasteiger charge is -2.53. The quantitative estimate of drug-likeness (QED) is 0.128. The van der Waals surface area contributed by atoms with Gasteiger partial charge in [0.15, 0.2) is 21.6 Å². The number of hydrogen-bond acceptors (Lipinski definition) is 4. The van der Waals surface area contributed by atoms with Crippen molar-refractivity contribution in [3.63, 3.8) is 0 Å². The zero-order chi connectivity index (χ0) is 55.8. The molecule has 0 amide bonds. The minimum Gasteiger partial charge on any atom is -0.349 e. The van der Waals surface area contributed by atoms with Crippen LogP contribution in [0.25, 0.3) is 33.4 Å². The smallest absolute Gasteiger partial charge is 0.190 e. The fourth-order valence-corrected chi connectivity index (χ4v) is 14.0. The van der Waals surface area contributed by atoms with Gasteiger partial charge in [-0.1, -0.05) is 257 Å². The SMILES string of the molecule is CC(C)(C)c1ccc(C2=C(c3ccc(C(C)(C)C)cc3C(C)(C)C)C(P(O)O)(P(O)O)C3=C(c4cccc(-c5ccc(C(C)(C)C)cc5C(C)(C)C)c43)C2c2ccc(C(C)(C)C)cc2C(C)(C)C)c(C(C)(C)C)c1. The van der Waals surface area contributed by atoms with Crippen LogP contribution in [0.2, 0.25) is 0 Å². The summed E-state index contributed by atoms with van der Waals surface area (Å²) in [6.45, 7) is 54.2. The summed E-state index contributed by atoms with van der Waals surface area (Å²) in [4.78, 5) is 49.9. The van der Waals surface area contributed by atoms with E-state index in [1.165, 1.54) is 27.8 Å². The summed E-state index contributed by atoms with van der Waals surface area (Å²) in [6.07, 6.45) is 0. The fourth-order valence-electron chi connectivity index (χ4n) is 11.7. The summed E-state index contributed by atoms with van der Waals surface area (Å²) >= 11 is 0. The number of fused-ring (bicyclic) bond motifs is 3. The molecule has 7 rings (SSSR count). The molecule has 1 unspecified atom stereocenters. The molecule has 398 valence electrons. The molecule has 74 heavy (non-hydrogen) atoms. The lowest BCUT2D eigenvalue weighted by Crippen LogP contribution is -2.40. The molecule has 0 spiro atoms. The van der Waals surface area contributed by atoms with Gasteiger partial charge in [-0.3, -0.25) is 0 Å². The lowest BCUT2D eigenvalue weighted by molar-refractivity contribution is 0.447. The molecular weight excluding hydrogens is 943 g/mol. The van der Waals surface area contributed by atoms with E-state index < -0.39 is 33.0 Å². The van der Waals surface area contributed by atoms with Crippen LogP contribution in [0.1, 0.15) is 244 Å². The minimum absolute atomic E-state index is 0.0946. The Hall–Kier alpha value is -3.72. The normalized spacial score (nSPS) is 17.0. The van der Waals surface area contributed by atoms with Crippen molar-refractivity contribution < 1.29 is 19.6 Å². The minimum atomic E-state index is -3.16. The van der Waals surface area contributed by atoms with Crippen molar-refractivity contribution in [1.29, 1.82) is 0 Å². The highest BCUT2D eigenvalue weighted by atomic mass is 31.2. The summed E-state index contributed by atoms with van der Waals surface area (Å²) in [5.41, 5.74) is 17.1. The number of allylic oxidation sites excluding steroid dienone is 4. The average Bonchev–Trinajstić information content (AvgIpc) is 3.23. The van der Waals surface area contributed by atoms with Gasteiger partial charge in [-0.2, -0.15) is 0 Å². The second kappa shape index (κ2) is 18.7. The van der Waals surface area contributed by atoms with Crippen molar-refractivity contribution in [1.82, 2.24) is 0 Å². The van der Waals surface area contributed by atoms with Gasteiger partial charge < -0.3 is 19.6 Å². The van der Waals surface area contributed by atoms with Crippen molar-refractivity contribution in [2.45, 2.75) is 220 Å². The molecule has 5 aromatic rings. The van der Waals surface area contributed by atoms with Gasteiger partial charge in [-0.15, -0.1) is 0 Å². The largest absolute Gasteiger partial charge is 0.349 e. The van der Waals surface area contributed by atoms with Crippen molar-refractivity contribution in [2.24, 2.45) is 0 Å². The molecular formula is C68H92O4P2. The Morgan fingerprint density at radius 3 is 1.04 bits per heavy atom. The number of benzene rings is 5. The molecule has 0 bridgehead atoms. The molecule has 0 aromatic heterocycles. The van der Waals surface area contributed by atoms with Crippen LogP contribution in [-0.4, -0.2) is 24.5 Å². The van der Waals surface area contributed by atoms with Crippen LogP contribution in [0, 0.1) is 0 Å². The van der Waals surface area contributed by atoms with E-state index in [1.54, 1.807) is 0 Å². The van der Waals surface area contributed by atoms with Gasteiger partial charge in [-0.05, 0) is 149 Å². The van der Waals surface area contributed by atoms with Crippen LogP contribution in [0.15, 0.2) is 91.0 Å². The van der Waals surface area contributed by atoms with Crippen LogP contribution in [0.4, 0.5) is 0 Å². The summed E-state index contributed by atoms with van der Waals surface area (Å²) in [6, 6.07) is 34.0. The van der Waals surface area contributed by atoms with E-state index >= 15 is 0 Å². The maximum absolute atomic E-state index is 13.0. The van der Waals surface area contributed by atoms with Crippen LogP contribution < -0.4 is 0 Å². The zero-order valence-electron chi connectivity index (χ0n) is 49.9. The molecule has 0 aliphatic heterocycles. The molecule has 1 atom stereocenters. The molecule has 4 nitrogen and oxygen atoms in total. The predicted octanol–water partition coefficient (Wildman–Crippen LogP) is 18.7. The molecule has 2 aliphatic carbocycles. The highest BCUT2D eigenvalue weighted by Crippen LogP contribution is 2.80. The first kappa shape index (κ1) is 58.0. The van der Waals surface area contributed by atoms with Gasteiger partial charge in [0.1, 0.15) is 0 Å². The van der Waals surface area contributed by atoms with Crippen molar-refractivity contribution >= 4 is 39.0 Å². The molecule has 2 aliphatic rings. The summed E-state index contributed by atoms with van der Waals surface area (Å²) in [5, 5.41) is 0. The van der Waals surface area contributed by atoms with Gasteiger partial charge in [0.25, 0.3) is 0 Å². The van der Waals surface area contributed by atoms with Crippen molar-refractivity contribution in [3.8, 4) is 11.1 Å². The van der Waals surface area contributed by atoms with E-state index in [0.717, 1.165) is 66.8 Å². The molecule has 6 heteroatoms. The van der Waals surface area contributed by atoms with Gasteiger partial charge in [-0.25, -0.2) is 0 Å². The zero-order valence-corrected chi connectivity index (χ0v) is 51.7. The van der Waals surface area contributed by atoms with E-state index in [4.69, 9.17) is 0 Å². The average molecular weight is 1040 g/mol. The first-order valence-electron chi connectivity index (χ1n) is 27.1. The number of rotatable bonds is 6. The standard InChI is InChI=1S/C68H92O4P2/c1-60(2,3)40-28-32-44(50(36-40)64(13,14)15)45-26-25-27-49-54(45)59-57(49)55(46-33-29-41(61(4,5)6)37-51(46)65(16,17)18)56(47-34-30-42(62(7,8)9)38-52(47)66(19,20)21)58(68(59,73(69)70)74(71)72)48-35-31-43(63(10,11)12)39-53(48)67(22,23)24/h25-39,55,69-72H,1-24H3. The van der Waals surface area contributed by atoms with E-state index in [0.29, 0.717) is 11.1 Å². The maximum atomic E-state index is 13.0. The Bertz CT molecular complexity index is 3060. The van der Waals surface area contributed by atoms with Gasteiger partial charge >= 0.3 is 0 Å². The predicted molar refractivity (Wildman–Crippen MR) is 323 cm³/mol. The fraction of sp³-hybridized carbons (Fsp3) is 0.500. The number of hydrogen-bond donors (Lipinski definition) is 4.